The fraction of sp³-hybridized carbons (Fsp3) is 1.00. The van der Waals surface area contributed by atoms with E-state index in [9.17, 15) is 10.2 Å². The molecule has 2 heterocycles. The number of hydrogen-bond acceptors (Lipinski definition) is 5. The van der Waals surface area contributed by atoms with Gasteiger partial charge in [0.25, 0.3) is 0 Å². The van der Waals surface area contributed by atoms with Crippen LogP contribution in [0, 0.1) is 0 Å². The van der Waals surface area contributed by atoms with E-state index in [0.29, 0.717) is 13.1 Å². The van der Waals surface area contributed by atoms with E-state index in [1.54, 1.807) is 0 Å². The van der Waals surface area contributed by atoms with Crippen LogP contribution in [0.2, 0.25) is 0 Å². The molecule has 0 bridgehead atoms. The third kappa shape index (κ3) is 4.67. The largest absolute Gasteiger partial charge is 0.395 e. The standard InChI is InChI=1S/C15H30N2O3/c1-12-7-16(8-13(2)20-12)9-15(19)10-17-6-4-3-5-14(17)11-18/h12-15,18-19H,3-11H2,1-2H3/t12?,13?,14-,15?/m1/s1. The lowest BCUT2D eigenvalue weighted by Gasteiger charge is -2.39. The Bertz CT molecular complexity index is 280. The van der Waals surface area contributed by atoms with Crippen molar-refractivity contribution in [1.82, 2.24) is 9.80 Å². The monoisotopic (exact) mass is 286 g/mol. The van der Waals surface area contributed by atoms with Gasteiger partial charge < -0.3 is 14.9 Å². The molecule has 0 aromatic heterocycles. The topological polar surface area (TPSA) is 56.2 Å². The smallest absolute Gasteiger partial charge is 0.0793 e. The average Bonchev–Trinajstić information content (AvgIpc) is 2.37. The van der Waals surface area contributed by atoms with Crippen LogP contribution in [0.25, 0.3) is 0 Å². The van der Waals surface area contributed by atoms with Gasteiger partial charge >= 0.3 is 0 Å². The van der Waals surface area contributed by atoms with E-state index >= 15 is 0 Å². The molecule has 0 aromatic carbocycles. The number of ether oxygens (including phenoxy) is 1. The SMILES string of the molecule is CC1CN(CC(O)CN2CCCC[C@@H]2CO)CC(C)O1. The van der Waals surface area contributed by atoms with Crippen LogP contribution in [0.3, 0.4) is 0 Å². The predicted octanol–water partition coefficient (Wildman–Crippen LogP) is 0.303. The second kappa shape index (κ2) is 7.71. The Morgan fingerprint density at radius 1 is 1.15 bits per heavy atom. The Morgan fingerprint density at radius 2 is 1.85 bits per heavy atom. The number of aliphatic hydroxyl groups is 2. The highest BCUT2D eigenvalue weighted by molar-refractivity contribution is 4.81. The van der Waals surface area contributed by atoms with Gasteiger partial charge in [0.2, 0.25) is 0 Å². The fourth-order valence-electron chi connectivity index (χ4n) is 3.57. The zero-order valence-electron chi connectivity index (χ0n) is 12.9. The summed E-state index contributed by atoms with van der Waals surface area (Å²) in [5, 5.41) is 19.7. The van der Waals surface area contributed by atoms with Gasteiger partial charge in [0.1, 0.15) is 0 Å². The van der Waals surface area contributed by atoms with Crippen LogP contribution < -0.4 is 0 Å². The molecule has 0 radical (unpaired) electrons. The van der Waals surface area contributed by atoms with Crippen LogP contribution >= 0.6 is 0 Å². The van der Waals surface area contributed by atoms with Gasteiger partial charge in [-0.3, -0.25) is 9.80 Å². The van der Waals surface area contributed by atoms with Crippen molar-refractivity contribution < 1.29 is 14.9 Å². The molecule has 5 heteroatoms. The highest BCUT2D eigenvalue weighted by Crippen LogP contribution is 2.17. The molecule has 5 nitrogen and oxygen atoms in total. The number of piperidine rings is 1. The molecule has 0 saturated carbocycles. The lowest BCUT2D eigenvalue weighted by molar-refractivity contribution is -0.0794. The van der Waals surface area contributed by atoms with Gasteiger partial charge in [0, 0.05) is 32.2 Å². The lowest BCUT2D eigenvalue weighted by Crippen LogP contribution is -2.51. The van der Waals surface area contributed by atoms with Crippen molar-refractivity contribution in [3.63, 3.8) is 0 Å². The minimum absolute atomic E-state index is 0.207. The summed E-state index contributed by atoms with van der Waals surface area (Å²) in [5.41, 5.74) is 0. The molecule has 0 spiro atoms. The number of rotatable bonds is 5. The molecule has 20 heavy (non-hydrogen) atoms. The predicted molar refractivity (Wildman–Crippen MR) is 78.8 cm³/mol. The zero-order chi connectivity index (χ0) is 14.5. The van der Waals surface area contributed by atoms with E-state index in [0.717, 1.165) is 26.1 Å². The van der Waals surface area contributed by atoms with Crippen LogP contribution in [0.4, 0.5) is 0 Å². The molecular formula is C15H30N2O3. The minimum Gasteiger partial charge on any atom is -0.395 e. The number of likely N-dealkylation sites (tertiary alicyclic amines) is 1. The van der Waals surface area contributed by atoms with Gasteiger partial charge in [-0.25, -0.2) is 0 Å². The third-order valence-electron chi connectivity index (χ3n) is 4.37. The molecule has 0 aliphatic carbocycles. The van der Waals surface area contributed by atoms with Crippen molar-refractivity contribution >= 4 is 0 Å². The Balaban J connectivity index is 1.77. The van der Waals surface area contributed by atoms with E-state index in [4.69, 9.17) is 4.74 Å². The Labute approximate surface area is 122 Å². The summed E-state index contributed by atoms with van der Waals surface area (Å²) in [7, 11) is 0. The molecule has 4 atom stereocenters. The van der Waals surface area contributed by atoms with Gasteiger partial charge in [-0.2, -0.15) is 0 Å². The van der Waals surface area contributed by atoms with Gasteiger partial charge in [-0.05, 0) is 33.2 Å². The first-order valence-electron chi connectivity index (χ1n) is 7.99. The summed E-state index contributed by atoms with van der Waals surface area (Å²) in [6.07, 6.45) is 3.55. The highest BCUT2D eigenvalue weighted by Gasteiger charge is 2.27. The maximum Gasteiger partial charge on any atom is 0.0793 e. The highest BCUT2D eigenvalue weighted by atomic mass is 16.5. The van der Waals surface area contributed by atoms with E-state index < -0.39 is 0 Å². The first-order valence-corrected chi connectivity index (χ1v) is 7.99. The summed E-state index contributed by atoms with van der Waals surface area (Å²) in [5.74, 6) is 0. The molecule has 2 aliphatic heterocycles. The number of hydrogen-bond donors (Lipinski definition) is 2. The number of β-amino-alcohol motifs (C(OH)–C–C–N with tert-alkyl or cyclic N) is 1. The Morgan fingerprint density at radius 3 is 2.50 bits per heavy atom. The minimum atomic E-state index is -0.348. The van der Waals surface area contributed by atoms with Gasteiger partial charge in [0.05, 0.1) is 24.9 Å². The molecule has 2 rings (SSSR count). The van der Waals surface area contributed by atoms with Crippen LogP contribution in [0.15, 0.2) is 0 Å². The van der Waals surface area contributed by atoms with E-state index in [1.807, 2.05) is 0 Å². The normalized spacial score (nSPS) is 35.1. The summed E-state index contributed by atoms with van der Waals surface area (Å²) >= 11 is 0. The summed E-state index contributed by atoms with van der Waals surface area (Å²) < 4.78 is 5.72. The van der Waals surface area contributed by atoms with E-state index in [-0.39, 0.29) is 31.0 Å². The maximum absolute atomic E-state index is 10.3. The second-order valence-corrected chi connectivity index (χ2v) is 6.46. The van der Waals surface area contributed by atoms with Crippen molar-refractivity contribution in [1.29, 1.82) is 0 Å². The van der Waals surface area contributed by atoms with Crippen LogP contribution in [0.5, 0.6) is 0 Å². The quantitative estimate of drug-likeness (QED) is 0.761. The molecule has 118 valence electrons. The lowest BCUT2D eigenvalue weighted by atomic mass is 10.0. The van der Waals surface area contributed by atoms with E-state index in [1.165, 1.54) is 12.8 Å². The average molecular weight is 286 g/mol. The van der Waals surface area contributed by atoms with Gasteiger partial charge in [0.15, 0.2) is 0 Å². The van der Waals surface area contributed by atoms with Crippen molar-refractivity contribution in [2.45, 2.75) is 57.5 Å². The number of nitrogens with zero attached hydrogens (tertiary/aromatic N) is 2. The molecule has 0 aromatic rings. The van der Waals surface area contributed by atoms with Crippen LogP contribution in [-0.4, -0.2) is 83.7 Å². The first kappa shape index (κ1) is 16.2. The third-order valence-corrected chi connectivity index (χ3v) is 4.37. The molecule has 2 aliphatic rings. The molecule has 2 N–H and O–H groups in total. The molecule has 3 unspecified atom stereocenters. The summed E-state index contributed by atoms with van der Waals surface area (Å²) in [4.78, 5) is 4.54. The van der Waals surface area contributed by atoms with Crippen LogP contribution in [0.1, 0.15) is 33.1 Å². The number of aliphatic hydroxyl groups excluding tert-OH is 2. The van der Waals surface area contributed by atoms with E-state index in [2.05, 4.69) is 23.6 Å². The summed E-state index contributed by atoms with van der Waals surface area (Å²) in [6, 6.07) is 0.237. The first-order chi connectivity index (χ1) is 9.58. The van der Waals surface area contributed by atoms with Crippen LogP contribution in [-0.2, 0) is 4.74 Å². The molecular weight excluding hydrogens is 256 g/mol. The van der Waals surface area contributed by atoms with Crippen molar-refractivity contribution in [2.75, 3.05) is 39.3 Å². The van der Waals surface area contributed by atoms with Gasteiger partial charge in [-0.15, -0.1) is 0 Å². The Kier molecular flexibility index (Phi) is 6.23. The van der Waals surface area contributed by atoms with Crippen molar-refractivity contribution in [3.05, 3.63) is 0 Å². The summed E-state index contributed by atoms with van der Waals surface area (Å²) in [6.45, 7) is 8.53. The molecule has 0 amide bonds. The molecule has 2 fully saturated rings. The Hall–Kier alpha value is -0.200. The van der Waals surface area contributed by atoms with Crippen molar-refractivity contribution in [3.8, 4) is 0 Å². The fourth-order valence-corrected chi connectivity index (χ4v) is 3.57. The molecule has 2 saturated heterocycles. The van der Waals surface area contributed by atoms with Gasteiger partial charge in [-0.1, -0.05) is 6.42 Å². The maximum atomic E-state index is 10.3. The second-order valence-electron chi connectivity index (χ2n) is 6.46. The van der Waals surface area contributed by atoms with Crippen molar-refractivity contribution in [2.24, 2.45) is 0 Å². The number of morpholine rings is 1. The zero-order valence-corrected chi connectivity index (χ0v) is 12.9.